The van der Waals surface area contributed by atoms with Crippen LogP contribution in [0.4, 0.5) is 11.5 Å². The van der Waals surface area contributed by atoms with E-state index in [-0.39, 0.29) is 6.04 Å². The van der Waals surface area contributed by atoms with Crippen LogP contribution in [0.5, 0.6) is 0 Å². The molecule has 1 saturated carbocycles. The van der Waals surface area contributed by atoms with E-state index in [0.717, 1.165) is 11.4 Å². The Morgan fingerprint density at radius 2 is 1.78 bits per heavy atom. The summed E-state index contributed by atoms with van der Waals surface area (Å²) in [5.74, 6) is 1.23. The van der Waals surface area contributed by atoms with Crippen LogP contribution in [0.1, 0.15) is 25.5 Å². The van der Waals surface area contributed by atoms with E-state index in [4.69, 9.17) is 20.4 Å². The molecule has 7 nitrogen and oxygen atoms in total. The third kappa shape index (κ3) is 3.53. The van der Waals surface area contributed by atoms with Crippen LogP contribution in [-0.2, 0) is 19.3 Å². The Labute approximate surface area is 188 Å². The molecule has 2 heterocycles. The highest BCUT2D eigenvalue weighted by Crippen LogP contribution is 2.55. The van der Waals surface area contributed by atoms with Crippen molar-refractivity contribution in [3.8, 4) is 11.4 Å². The van der Waals surface area contributed by atoms with Crippen LogP contribution in [0, 0.1) is 0 Å². The Bertz CT molecular complexity index is 1230. The fourth-order valence-corrected chi connectivity index (χ4v) is 6.23. The molecule has 2 aromatic carbocycles. The largest absolute Gasteiger partial charge is 0.399 e. The molecule has 0 amide bonds. The standard InChI is InChI=1S/C24H26N4O3S/c1-17-16-31-14-13-28(17)22-15-21(26-23(27-22)18-7-9-19(25)10-8-18)24(11-12-24)32(29,30)20-5-3-2-4-6-20/h2-10,15,17H,11-14,16,25H2,1H3/t17-/m0/s1. The lowest BCUT2D eigenvalue weighted by atomic mass is 10.1. The molecule has 2 aliphatic rings. The average Bonchev–Trinajstić information content (AvgIpc) is 3.63. The van der Waals surface area contributed by atoms with Crippen molar-refractivity contribution in [3.05, 3.63) is 66.4 Å². The smallest absolute Gasteiger partial charge is 0.189 e. The Balaban J connectivity index is 1.65. The van der Waals surface area contributed by atoms with Gasteiger partial charge in [0.1, 0.15) is 10.6 Å². The first-order valence-corrected chi connectivity index (χ1v) is 12.3. The molecule has 0 radical (unpaired) electrons. The Hall–Kier alpha value is -2.97. The highest BCUT2D eigenvalue weighted by Gasteiger charge is 2.58. The van der Waals surface area contributed by atoms with Gasteiger partial charge in [0, 0.05) is 23.9 Å². The molecule has 2 N–H and O–H groups in total. The molecular weight excluding hydrogens is 424 g/mol. The van der Waals surface area contributed by atoms with Gasteiger partial charge in [-0.05, 0) is 56.2 Å². The summed E-state index contributed by atoms with van der Waals surface area (Å²) >= 11 is 0. The van der Waals surface area contributed by atoms with Gasteiger partial charge in [-0.15, -0.1) is 0 Å². The molecular formula is C24H26N4O3S. The maximum atomic E-state index is 13.7. The quantitative estimate of drug-likeness (QED) is 0.595. The summed E-state index contributed by atoms with van der Waals surface area (Å²) in [5, 5.41) is 0. The number of hydrogen-bond acceptors (Lipinski definition) is 7. The van der Waals surface area contributed by atoms with E-state index in [1.165, 1.54) is 0 Å². The monoisotopic (exact) mass is 450 g/mol. The highest BCUT2D eigenvalue weighted by atomic mass is 32.2. The van der Waals surface area contributed by atoms with Gasteiger partial charge in [0.05, 0.1) is 29.8 Å². The molecule has 1 aliphatic heterocycles. The lowest BCUT2D eigenvalue weighted by Crippen LogP contribution is -2.44. The first-order valence-electron chi connectivity index (χ1n) is 10.8. The van der Waals surface area contributed by atoms with E-state index in [2.05, 4.69) is 11.8 Å². The number of nitrogens with two attached hydrogens (primary N) is 1. The molecule has 1 atom stereocenters. The molecule has 5 rings (SSSR count). The number of aromatic nitrogens is 2. The maximum absolute atomic E-state index is 13.7. The van der Waals surface area contributed by atoms with Crippen LogP contribution in [-0.4, -0.2) is 44.2 Å². The third-order valence-corrected chi connectivity index (χ3v) is 8.82. The molecule has 8 heteroatoms. The summed E-state index contributed by atoms with van der Waals surface area (Å²) in [6.45, 7) is 3.98. The van der Waals surface area contributed by atoms with E-state index >= 15 is 0 Å². The van der Waals surface area contributed by atoms with Crippen LogP contribution in [0.3, 0.4) is 0 Å². The van der Waals surface area contributed by atoms with Gasteiger partial charge in [0.15, 0.2) is 15.7 Å². The summed E-state index contributed by atoms with van der Waals surface area (Å²) in [7, 11) is -3.60. The average molecular weight is 451 g/mol. The third-order valence-electron chi connectivity index (χ3n) is 6.28. The van der Waals surface area contributed by atoms with E-state index < -0.39 is 14.6 Å². The minimum Gasteiger partial charge on any atom is -0.399 e. The van der Waals surface area contributed by atoms with Crippen molar-refractivity contribution in [3.63, 3.8) is 0 Å². The first kappa shape index (κ1) is 20.9. The first-order chi connectivity index (χ1) is 15.4. The van der Waals surface area contributed by atoms with Gasteiger partial charge in [-0.2, -0.15) is 0 Å². The number of sulfone groups is 1. The van der Waals surface area contributed by atoms with Crippen molar-refractivity contribution in [2.45, 2.75) is 35.4 Å². The topological polar surface area (TPSA) is 98.4 Å². The summed E-state index contributed by atoms with van der Waals surface area (Å²) in [6.07, 6.45) is 1.08. The molecule has 32 heavy (non-hydrogen) atoms. The minimum absolute atomic E-state index is 0.131. The van der Waals surface area contributed by atoms with Gasteiger partial charge in [0.2, 0.25) is 0 Å². The van der Waals surface area contributed by atoms with Gasteiger partial charge < -0.3 is 15.4 Å². The molecule has 3 aromatic rings. The highest BCUT2D eigenvalue weighted by molar-refractivity contribution is 7.92. The molecule has 0 spiro atoms. The predicted molar refractivity (Wildman–Crippen MR) is 124 cm³/mol. The zero-order valence-corrected chi connectivity index (χ0v) is 18.8. The summed E-state index contributed by atoms with van der Waals surface area (Å²) in [4.78, 5) is 12.1. The number of nitrogen functional groups attached to an aromatic ring is 1. The zero-order chi connectivity index (χ0) is 22.3. The number of anilines is 2. The summed E-state index contributed by atoms with van der Waals surface area (Å²) < 4.78 is 31.9. The van der Waals surface area contributed by atoms with Crippen molar-refractivity contribution in [2.75, 3.05) is 30.4 Å². The number of rotatable bonds is 5. The maximum Gasteiger partial charge on any atom is 0.189 e. The van der Waals surface area contributed by atoms with Crippen LogP contribution in [0.15, 0.2) is 65.6 Å². The Morgan fingerprint density at radius 1 is 1.06 bits per heavy atom. The van der Waals surface area contributed by atoms with Gasteiger partial charge in [-0.3, -0.25) is 0 Å². The van der Waals surface area contributed by atoms with Gasteiger partial charge >= 0.3 is 0 Å². The summed E-state index contributed by atoms with van der Waals surface area (Å²) in [6, 6.07) is 18.0. The van der Waals surface area contributed by atoms with Crippen molar-refractivity contribution >= 4 is 21.3 Å². The molecule has 166 valence electrons. The van der Waals surface area contributed by atoms with Crippen LogP contribution in [0.25, 0.3) is 11.4 Å². The second-order valence-corrected chi connectivity index (χ2v) is 10.7. The summed E-state index contributed by atoms with van der Waals surface area (Å²) in [5.41, 5.74) is 7.86. The number of morpholine rings is 1. The minimum atomic E-state index is -3.60. The van der Waals surface area contributed by atoms with Crippen LogP contribution < -0.4 is 10.6 Å². The van der Waals surface area contributed by atoms with Crippen LogP contribution in [0.2, 0.25) is 0 Å². The lowest BCUT2D eigenvalue weighted by molar-refractivity contribution is 0.0985. The zero-order valence-electron chi connectivity index (χ0n) is 17.9. The van der Waals surface area contributed by atoms with Crippen molar-refractivity contribution in [1.82, 2.24) is 9.97 Å². The predicted octanol–water partition coefficient (Wildman–Crippen LogP) is 3.41. The normalized spacial score (nSPS) is 20.2. The lowest BCUT2D eigenvalue weighted by Gasteiger charge is -2.34. The van der Waals surface area contributed by atoms with Gasteiger partial charge in [0.25, 0.3) is 0 Å². The van der Waals surface area contributed by atoms with Crippen molar-refractivity contribution in [2.24, 2.45) is 0 Å². The molecule has 2 fully saturated rings. The Morgan fingerprint density at radius 3 is 2.44 bits per heavy atom. The fourth-order valence-electron chi connectivity index (χ4n) is 4.25. The van der Waals surface area contributed by atoms with Crippen molar-refractivity contribution in [1.29, 1.82) is 0 Å². The molecule has 1 saturated heterocycles. The van der Waals surface area contributed by atoms with E-state index in [0.29, 0.717) is 54.7 Å². The number of ether oxygens (including phenoxy) is 1. The van der Waals surface area contributed by atoms with E-state index in [9.17, 15) is 8.42 Å². The second-order valence-electron chi connectivity index (χ2n) is 8.49. The van der Waals surface area contributed by atoms with Gasteiger partial charge in [-0.1, -0.05) is 18.2 Å². The van der Waals surface area contributed by atoms with Crippen LogP contribution >= 0.6 is 0 Å². The SMILES string of the molecule is C[C@H]1COCCN1c1cc(C2(S(=O)(=O)c3ccccc3)CC2)nc(-c2ccc(N)cc2)n1. The van der Waals surface area contributed by atoms with Crippen molar-refractivity contribution < 1.29 is 13.2 Å². The molecule has 0 bridgehead atoms. The molecule has 0 unspecified atom stereocenters. The van der Waals surface area contributed by atoms with E-state index in [1.54, 1.807) is 36.4 Å². The second kappa shape index (κ2) is 7.86. The van der Waals surface area contributed by atoms with E-state index in [1.807, 2.05) is 24.3 Å². The number of nitrogens with zero attached hydrogens (tertiary/aromatic N) is 3. The Kier molecular flexibility index (Phi) is 5.14. The fraction of sp³-hybridized carbons (Fsp3) is 0.333. The number of benzene rings is 2. The molecule has 1 aromatic heterocycles. The van der Waals surface area contributed by atoms with Gasteiger partial charge in [-0.25, -0.2) is 18.4 Å². The number of hydrogen-bond donors (Lipinski definition) is 1. The molecule has 1 aliphatic carbocycles.